The topological polar surface area (TPSA) is 44.4 Å². The van der Waals surface area contributed by atoms with E-state index in [9.17, 15) is 4.79 Å². The molecule has 0 spiro atoms. The van der Waals surface area contributed by atoms with E-state index in [4.69, 9.17) is 0 Å². The molecule has 1 fully saturated rings. The molecule has 3 unspecified atom stereocenters. The van der Waals surface area contributed by atoms with E-state index in [-0.39, 0.29) is 18.0 Å². The molecule has 2 N–H and O–H groups in total. The van der Waals surface area contributed by atoms with Gasteiger partial charge < -0.3 is 15.5 Å². The van der Waals surface area contributed by atoms with E-state index in [0.717, 1.165) is 32.6 Å². The van der Waals surface area contributed by atoms with E-state index >= 15 is 0 Å². The molecular weight excluding hydrogens is 226 g/mol. The number of nitrogens with zero attached hydrogens (tertiary/aromatic N) is 1. The summed E-state index contributed by atoms with van der Waals surface area (Å²) in [6.07, 6.45) is 2.14. The number of carbonyl (C=O) groups is 1. The van der Waals surface area contributed by atoms with Gasteiger partial charge in [0.1, 0.15) is 0 Å². The van der Waals surface area contributed by atoms with Crippen LogP contribution < -0.4 is 10.6 Å². The number of piperidine rings is 1. The maximum atomic E-state index is 12.1. The van der Waals surface area contributed by atoms with Gasteiger partial charge in [-0.2, -0.15) is 0 Å². The van der Waals surface area contributed by atoms with Crippen LogP contribution in [0.4, 0.5) is 0 Å². The van der Waals surface area contributed by atoms with Crippen molar-refractivity contribution in [2.45, 2.75) is 52.6 Å². The van der Waals surface area contributed by atoms with Crippen LogP contribution in [0.25, 0.3) is 0 Å². The molecule has 0 saturated carbocycles. The molecule has 106 valence electrons. The largest absolute Gasteiger partial charge is 0.351 e. The van der Waals surface area contributed by atoms with Crippen molar-refractivity contribution in [2.75, 3.05) is 26.2 Å². The van der Waals surface area contributed by atoms with E-state index < -0.39 is 0 Å². The number of nitrogens with one attached hydrogen (secondary N) is 2. The smallest absolute Gasteiger partial charge is 0.237 e. The lowest BCUT2D eigenvalue weighted by Gasteiger charge is -2.29. The van der Waals surface area contributed by atoms with Crippen molar-refractivity contribution >= 4 is 5.91 Å². The van der Waals surface area contributed by atoms with Crippen LogP contribution in [-0.4, -0.2) is 49.1 Å². The summed E-state index contributed by atoms with van der Waals surface area (Å²) in [5.41, 5.74) is 0. The van der Waals surface area contributed by atoms with Gasteiger partial charge in [0, 0.05) is 12.6 Å². The van der Waals surface area contributed by atoms with Crippen molar-refractivity contribution < 1.29 is 4.79 Å². The lowest BCUT2D eigenvalue weighted by molar-refractivity contribution is -0.124. The molecule has 18 heavy (non-hydrogen) atoms. The molecule has 3 atom stereocenters. The second-order valence-electron chi connectivity index (χ2n) is 5.53. The number of amides is 1. The van der Waals surface area contributed by atoms with Gasteiger partial charge >= 0.3 is 0 Å². The summed E-state index contributed by atoms with van der Waals surface area (Å²) >= 11 is 0. The molecule has 1 heterocycles. The average Bonchev–Trinajstić information content (AvgIpc) is 2.35. The molecule has 1 rings (SSSR count). The van der Waals surface area contributed by atoms with Crippen molar-refractivity contribution in [2.24, 2.45) is 5.92 Å². The van der Waals surface area contributed by atoms with Gasteiger partial charge in [-0.3, -0.25) is 4.79 Å². The second-order valence-corrected chi connectivity index (χ2v) is 5.53. The zero-order valence-corrected chi connectivity index (χ0v) is 12.3. The third-order valence-corrected chi connectivity index (χ3v) is 3.80. The summed E-state index contributed by atoms with van der Waals surface area (Å²) in [6, 6.07) is 0.226. The average molecular weight is 255 g/mol. The van der Waals surface area contributed by atoms with E-state index in [1.807, 2.05) is 0 Å². The van der Waals surface area contributed by atoms with Crippen LogP contribution in [0.5, 0.6) is 0 Å². The maximum absolute atomic E-state index is 12.1. The van der Waals surface area contributed by atoms with Crippen LogP contribution in [0.2, 0.25) is 0 Å². The van der Waals surface area contributed by atoms with E-state index in [1.165, 1.54) is 6.42 Å². The van der Waals surface area contributed by atoms with Crippen molar-refractivity contribution in [1.82, 2.24) is 15.5 Å². The molecule has 0 aromatic heterocycles. The van der Waals surface area contributed by atoms with Crippen LogP contribution in [0.3, 0.4) is 0 Å². The van der Waals surface area contributed by atoms with Crippen LogP contribution >= 0.6 is 0 Å². The quantitative estimate of drug-likeness (QED) is 0.750. The molecule has 1 amide bonds. The van der Waals surface area contributed by atoms with Crippen LogP contribution in [0.1, 0.15) is 40.5 Å². The zero-order valence-electron chi connectivity index (χ0n) is 12.3. The van der Waals surface area contributed by atoms with Crippen molar-refractivity contribution in [3.05, 3.63) is 0 Å². The Kier molecular flexibility index (Phi) is 6.65. The summed E-state index contributed by atoms with van der Waals surface area (Å²) in [5.74, 6) is 0.821. The summed E-state index contributed by atoms with van der Waals surface area (Å²) in [5, 5.41) is 6.44. The highest BCUT2D eigenvalue weighted by atomic mass is 16.2. The Morgan fingerprint density at radius 3 is 2.67 bits per heavy atom. The summed E-state index contributed by atoms with van der Waals surface area (Å²) in [7, 11) is 0. The number of hydrogen-bond donors (Lipinski definition) is 2. The zero-order chi connectivity index (χ0) is 13.5. The van der Waals surface area contributed by atoms with Gasteiger partial charge in [-0.1, -0.05) is 20.8 Å². The Hall–Kier alpha value is -0.610. The molecular formula is C14H29N3O. The van der Waals surface area contributed by atoms with Gasteiger partial charge in [0.25, 0.3) is 0 Å². The van der Waals surface area contributed by atoms with Gasteiger partial charge in [0.15, 0.2) is 0 Å². The molecule has 4 nitrogen and oxygen atoms in total. The second kappa shape index (κ2) is 7.74. The van der Waals surface area contributed by atoms with Gasteiger partial charge in [0.2, 0.25) is 5.91 Å². The monoisotopic (exact) mass is 255 g/mol. The first-order valence-corrected chi connectivity index (χ1v) is 7.32. The normalized spacial score (nSPS) is 26.1. The van der Waals surface area contributed by atoms with Crippen molar-refractivity contribution in [3.63, 3.8) is 0 Å². The van der Waals surface area contributed by atoms with Crippen LogP contribution in [0.15, 0.2) is 0 Å². The molecule has 1 aliphatic rings. The Balaban J connectivity index is 2.34. The van der Waals surface area contributed by atoms with E-state index in [2.05, 4.69) is 43.2 Å². The summed E-state index contributed by atoms with van der Waals surface area (Å²) in [6.45, 7) is 12.6. The number of rotatable bonds is 6. The molecule has 0 bridgehead atoms. The van der Waals surface area contributed by atoms with E-state index in [1.54, 1.807) is 0 Å². The number of hydrogen-bond acceptors (Lipinski definition) is 3. The Morgan fingerprint density at radius 1 is 1.44 bits per heavy atom. The van der Waals surface area contributed by atoms with Gasteiger partial charge in [-0.05, 0) is 45.3 Å². The predicted octanol–water partition coefficient (Wildman–Crippen LogP) is 1.22. The molecule has 0 aliphatic carbocycles. The minimum absolute atomic E-state index is 0.00732. The molecule has 4 heteroatoms. The lowest BCUT2D eigenvalue weighted by atomic mass is 9.94. The predicted molar refractivity (Wildman–Crippen MR) is 75.6 cm³/mol. The fourth-order valence-electron chi connectivity index (χ4n) is 2.57. The van der Waals surface area contributed by atoms with Gasteiger partial charge in [0.05, 0.1) is 6.04 Å². The fourth-order valence-corrected chi connectivity index (χ4v) is 2.57. The van der Waals surface area contributed by atoms with Crippen LogP contribution in [-0.2, 0) is 4.79 Å². The number of carbonyl (C=O) groups excluding carboxylic acids is 1. The highest BCUT2D eigenvalue weighted by Crippen LogP contribution is 2.15. The first kappa shape index (κ1) is 15.4. The summed E-state index contributed by atoms with van der Waals surface area (Å²) < 4.78 is 0. The highest BCUT2D eigenvalue weighted by molar-refractivity contribution is 5.82. The molecule has 0 radical (unpaired) electrons. The third kappa shape index (κ3) is 4.94. The molecule has 0 aromatic carbocycles. The Morgan fingerprint density at radius 2 is 2.11 bits per heavy atom. The minimum Gasteiger partial charge on any atom is -0.351 e. The first-order chi connectivity index (χ1) is 8.56. The molecule has 1 saturated heterocycles. The minimum atomic E-state index is 0.00732. The third-order valence-electron chi connectivity index (χ3n) is 3.80. The molecule has 0 aromatic rings. The number of likely N-dealkylation sites (N-methyl/N-ethyl adjacent to an activating group) is 1. The van der Waals surface area contributed by atoms with Crippen molar-refractivity contribution in [1.29, 1.82) is 0 Å². The molecule has 1 aliphatic heterocycles. The SMILES string of the molecule is CCN(CC)CC(C)NC(=O)C1CC(C)CCN1. The van der Waals surface area contributed by atoms with Crippen LogP contribution in [0, 0.1) is 5.92 Å². The van der Waals surface area contributed by atoms with Crippen molar-refractivity contribution in [3.8, 4) is 0 Å². The summed E-state index contributed by atoms with van der Waals surface area (Å²) in [4.78, 5) is 14.5. The lowest BCUT2D eigenvalue weighted by Crippen LogP contribution is -2.52. The highest BCUT2D eigenvalue weighted by Gasteiger charge is 2.25. The first-order valence-electron chi connectivity index (χ1n) is 7.32. The fraction of sp³-hybridized carbons (Fsp3) is 0.929. The standard InChI is InChI=1S/C14H29N3O/c1-5-17(6-2)10-12(4)16-14(18)13-9-11(3)7-8-15-13/h11-13,15H,5-10H2,1-4H3,(H,16,18). The van der Waals surface area contributed by atoms with Gasteiger partial charge in [-0.15, -0.1) is 0 Å². The Labute approximate surface area is 111 Å². The Bertz CT molecular complexity index is 253. The van der Waals surface area contributed by atoms with Gasteiger partial charge in [-0.25, -0.2) is 0 Å². The van der Waals surface area contributed by atoms with E-state index in [0.29, 0.717) is 5.92 Å². The maximum Gasteiger partial charge on any atom is 0.237 e.